The van der Waals surface area contributed by atoms with Gasteiger partial charge >= 0.3 is 6.09 Å². The largest absolute Gasteiger partial charge is 0.471 e. The third-order valence-corrected chi connectivity index (χ3v) is 5.52. The lowest BCUT2D eigenvalue weighted by Crippen LogP contribution is -2.47. The number of nitrogens with zero attached hydrogens (tertiary/aromatic N) is 4. The summed E-state index contributed by atoms with van der Waals surface area (Å²) in [4.78, 5) is 23.1. The fraction of sp³-hybridized carbons (Fsp3) is 0.565. The number of amides is 1. The molecule has 1 saturated heterocycles. The van der Waals surface area contributed by atoms with Gasteiger partial charge in [-0.15, -0.1) is 0 Å². The summed E-state index contributed by atoms with van der Waals surface area (Å²) >= 11 is 0. The molecule has 1 amide bonds. The monoisotopic (exact) mass is 423 g/mol. The highest BCUT2D eigenvalue weighted by molar-refractivity contribution is 5.89. The van der Waals surface area contributed by atoms with E-state index in [1.54, 1.807) is 17.2 Å². The minimum atomic E-state index is -0.513. The smallest absolute Gasteiger partial charge is 0.410 e. The molecule has 31 heavy (non-hydrogen) atoms. The first-order valence-corrected chi connectivity index (χ1v) is 10.8. The molecule has 2 aromatic rings. The number of carbonyl (C=O) groups is 1. The molecule has 3 heterocycles. The lowest BCUT2D eigenvalue weighted by atomic mass is 10.1. The summed E-state index contributed by atoms with van der Waals surface area (Å²) in [7, 11) is 0. The van der Waals surface area contributed by atoms with Crippen molar-refractivity contribution in [3.05, 3.63) is 24.0 Å². The van der Waals surface area contributed by atoms with Gasteiger partial charge in [-0.2, -0.15) is 5.26 Å². The molecule has 4 rings (SSSR count). The average Bonchev–Trinajstić information content (AvgIpc) is 3.43. The van der Waals surface area contributed by atoms with Gasteiger partial charge in [-0.25, -0.2) is 14.8 Å². The van der Waals surface area contributed by atoms with E-state index in [1.807, 2.05) is 33.8 Å². The number of pyridine rings is 2. The Bertz CT molecular complexity index is 1040. The van der Waals surface area contributed by atoms with Crippen molar-refractivity contribution >= 4 is 22.7 Å². The first-order valence-electron chi connectivity index (χ1n) is 10.8. The summed E-state index contributed by atoms with van der Waals surface area (Å²) in [5, 5.41) is 14.4. The number of nitrogens with one attached hydrogen (secondary N) is 1. The van der Waals surface area contributed by atoms with Crippen LogP contribution in [0.5, 0.6) is 5.88 Å². The Kier molecular flexibility index (Phi) is 5.38. The van der Waals surface area contributed by atoms with Crippen molar-refractivity contribution in [2.24, 2.45) is 0 Å². The minimum absolute atomic E-state index is 0.0721. The van der Waals surface area contributed by atoms with Crippen LogP contribution in [0.15, 0.2) is 18.3 Å². The minimum Gasteiger partial charge on any atom is -0.471 e. The normalized spacial score (nSPS) is 20.1. The van der Waals surface area contributed by atoms with Crippen molar-refractivity contribution in [3.63, 3.8) is 0 Å². The molecule has 0 spiro atoms. The van der Waals surface area contributed by atoms with Crippen LogP contribution in [0.2, 0.25) is 0 Å². The van der Waals surface area contributed by atoms with Crippen LogP contribution in [-0.4, -0.2) is 51.3 Å². The Morgan fingerprint density at radius 1 is 1.35 bits per heavy atom. The van der Waals surface area contributed by atoms with Crippen LogP contribution in [0.1, 0.15) is 59.1 Å². The summed E-state index contributed by atoms with van der Waals surface area (Å²) < 4.78 is 11.6. The molecule has 2 fully saturated rings. The average molecular weight is 424 g/mol. The van der Waals surface area contributed by atoms with Crippen molar-refractivity contribution in [2.75, 3.05) is 18.4 Å². The molecule has 164 valence electrons. The topological polar surface area (TPSA) is 100 Å². The van der Waals surface area contributed by atoms with Crippen LogP contribution in [-0.2, 0) is 4.74 Å². The summed E-state index contributed by atoms with van der Waals surface area (Å²) in [6, 6.07) is 5.80. The maximum absolute atomic E-state index is 12.4. The number of piperidine rings is 1. The molecule has 2 aliphatic rings. The van der Waals surface area contributed by atoms with Gasteiger partial charge < -0.3 is 19.7 Å². The van der Waals surface area contributed by atoms with Gasteiger partial charge in [0.1, 0.15) is 28.8 Å². The molecule has 2 aromatic heterocycles. The number of rotatable bonds is 4. The van der Waals surface area contributed by atoms with Crippen LogP contribution < -0.4 is 10.1 Å². The third-order valence-electron chi connectivity index (χ3n) is 5.52. The highest BCUT2D eigenvalue weighted by Crippen LogP contribution is 2.41. The van der Waals surface area contributed by atoms with E-state index < -0.39 is 5.60 Å². The molecule has 1 aliphatic heterocycles. The van der Waals surface area contributed by atoms with E-state index in [4.69, 9.17) is 9.47 Å². The van der Waals surface area contributed by atoms with Gasteiger partial charge in [0.15, 0.2) is 0 Å². The molecule has 0 bridgehead atoms. The molecule has 1 saturated carbocycles. The molecule has 8 nitrogen and oxygen atoms in total. The highest BCUT2D eigenvalue weighted by atomic mass is 16.6. The Morgan fingerprint density at radius 2 is 2.13 bits per heavy atom. The van der Waals surface area contributed by atoms with Crippen LogP contribution in [0.3, 0.4) is 0 Å². The first kappa shape index (κ1) is 21.2. The second kappa shape index (κ2) is 7.88. The van der Waals surface area contributed by atoms with Crippen molar-refractivity contribution in [1.29, 1.82) is 5.26 Å². The van der Waals surface area contributed by atoms with Crippen molar-refractivity contribution in [2.45, 2.75) is 70.6 Å². The molecular weight excluding hydrogens is 394 g/mol. The van der Waals surface area contributed by atoms with Crippen molar-refractivity contribution in [3.8, 4) is 11.9 Å². The molecular formula is C23H29N5O3. The molecule has 0 radical (unpaired) electrons. The first-order chi connectivity index (χ1) is 14.6. The van der Waals surface area contributed by atoms with Gasteiger partial charge in [0, 0.05) is 36.1 Å². The van der Waals surface area contributed by atoms with E-state index in [1.165, 1.54) is 0 Å². The maximum atomic E-state index is 12.4. The van der Waals surface area contributed by atoms with Gasteiger partial charge in [-0.05, 0) is 65.5 Å². The van der Waals surface area contributed by atoms with E-state index >= 15 is 0 Å². The molecule has 1 atom stereocenters. The lowest BCUT2D eigenvalue weighted by Gasteiger charge is -2.34. The number of carbonyl (C=O) groups excluding carboxylic acids is 1. The zero-order valence-corrected chi connectivity index (χ0v) is 18.6. The fourth-order valence-electron chi connectivity index (χ4n) is 3.64. The number of anilines is 1. The third kappa shape index (κ3) is 5.16. The van der Waals surface area contributed by atoms with E-state index in [2.05, 4.69) is 21.4 Å². The Balaban J connectivity index is 1.52. The molecule has 8 heteroatoms. The van der Waals surface area contributed by atoms with Crippen LogP contribution in [0.25, 0.3) is 10.8 Å². The number of hydrogen-bond acceptors (Lipinski definition) is 7. The van der Waals surface area contributed by atoms with Gasteiger partial charge in [0.25, 0.3) is 0 Å². The van der Waals surface area contributed by atoms with Gasteiger partial charge in [0.2, 0.25) is 5.88 Å². The number of aromatic nitrogens is 2. The standard InChI is InChI=1S/C23H29N5O3/c1-22(2,3)31-21(29)28-9-5-6-16(14-28)26-19-11-18-15(13-25-19)10-17(12-24)27-20(18)30-23(4)7-8-23/h10-11,13,16H,5-9,14H2,1-4H3,(H,25,26)/t16-/m0/s1. The lowest BCUT2D eigenvalue weighted by molar-refractivity contribution is 0.0206. The number of ether oxygens (including phenoxy) is 2. The van der Waals surface area contributed by atoms with Gasteiger partial charge in [-0.1, -0.05) is 0 Å². The summed E-state index contributed by atoms with van der Waals surface area (Å²) in [6.07, 6.45) is 5.23. The van der Waals surface area contributed by atoms with Gasteiger partial charge in [0.05, 0.1) is 0 Å². The predicted octanol–water partition coefficient (Wildman–Crippen LogP) is 4.24. The summed E-state index contributed by atoms with van der Waals surface area (Å²) in [5.41, 5.74) is -0.404. The van der Waals surface area contributed by atoms with E-state index in [-0.39, 0.29) is 17.7 Å². The van der Waals surface area contributed by atoms with E-state index in [0.717, 1.165) is 36.5 Å². The fourth-order valence-corrected chi connectivity index (χ4v) is 3.64. The zero-order valence-electron chi connectivity index (χ0n) is 18.6. The number of hydrogen-bond donors (Lipinski definition) is 1. The summed E-state index contributed by atoms with van der Waals surface area (Å²) in [5.74, 6) is 1.17. The number of nitriles is 1. The van der Waals surface area contributed by atoms with Crippen molar-refractivity contribution in [1.82, 2.24) is 14.9 Å². The molecule has 1 N–H and O–H groups in total. The quantitative estimate of drug-likeness (QED) is 0.785. The maximum Gasteiger partial charge on any atom is 0.410 e. The SMILES string of the molecule is CC(C)(C)OC(=O)N1CCC[C@H](Nc2cc3c(OC4(C)CC4)nc(C#N)cc3cn2)C1. The van der Waals surface area contributed by atoms with Gasteiger partial charge in [-0.3, -0.25) is 0 Å². The zero-order chi connectivity index (χ0) is 22.2. The van der Waals surface area contributed by atoms with Crippen molar-refractivity contribution < 1.29 is 14.3 Å². The van der Waals surface area contributed by atoms with Crippen LogP contribution >= 0.6 is 0 Å². The Hall–Kier alpha value is -3.08. The predicted molar refractivity (Wildman–Crippen MR) is 117 cm³/mol. The van der Waals surface area contributed by atoms with Crippen LogP contribution in [0.4, 0.5) is 10.6 Å². The van der Waals surface area contributed by atoms with Crippen LogP contribution in [0, 0.1) is 11.3 Å². The second-order valence-electron chi connectivity index (χ2n) is 9.68. The Labute approximate surface area is 182 Å². The highest BCUT2D eigenvalue weighted by Gasteiger charge is 2.41. The number of likely N-dealkylation sites (tertiary alicyclic amines) is 1. The molecule has 1 aliphatic carbocycles. The second-order valence-corrected chi connectivity index (χ2v) is 9.68. The molecule has 0 unspecified atom stereocenters. The van der Waals surface area contributed by atoms with E-state index in [0.29, 0.717) is 30.5 Å². The summed E-state index contributed by atoms with van der Waals surface area (Å²) in [6.45, 7) is 8.91. The van der Waals surface area contributed by atoms with E-state index in [9.17, 15) is 10.1 Å². The Morgan fingerprint density at radius 3 is 2.81 bits per heavy atom. The molecule has 0 aromatic carbocycles. The number of fused-ring (bicyclic) bond motifs is 1.